The van der Waals surface area contributed by atoms with Crippen molar-refractivity contribution in [2.75, 3.05) is 13.1 Å². The SMILES string of the molecule is CCC(=O)N1CC(C)N(C(C)C)CC1C. The molecule has 2 atom stereocenters. The number of carbonyl (C=O) groups is 1. The standard InChI is InChI=1S/C12H24N2O/c1-6-12(15)14-8-10(4)13(9(2)3)7-11(14)5/h9-11H,6-8H2,1-5H3. The summed E-state index contributed by atoms with van der Waals surface area (Å²) >= 11 is 0. The lowest BCUT2D eigenvalue weighted by atomic mass is 10.1. The van der Waals surface area contributed by atoms with Gasteiger partial charge in [0, 0.05) is 37.6 Å². The maximum absolute atomic E-state index is 11.7. The molecule has 0 radical (unpaired) electrons. The number of carbonyl (C=O) groups excluding carboxylic acids is 1. The molecule has 2 unspecified atom stereocenters. The Morgan fingerprint density at radius 3 is 2.33 bits per heavy atom. The highest BCUT2D eigenvalue weighted by Crippen LogP contribution is 2.18. The maximum Gasteiger partial charge on any atom is 0.222 e. The van der Waals surface area contributed by atoms with Crippen LogP contribution in [0.25, 0.3) is 0 Å². The summed E-state index contributed by atoms with van der Waals surface area (Å²) in [6.07, 6.45) is 0.624. The molecule has 0 spiro atoms. The van der Waals surface area contributed by atoms with E-state index in [9.17, 15) is 4.79 Å². The first kappa shape index (κ1) is 12.5. The van der Waals surface area contributed by atoms with Crippen LogP contribution in [0.2, 0.25) is 0 Å². The summed E-state index contributed by atoms with van der Waals surface area (Å²) in [6, 6.07) is 1.41. The van der Waals surface area contributed by atoms with Gasteiger partial charge in [0.05, 0.1) is 0 Å². The second kappa shape index (κ2) is 4.97. The van der Waals surface area contributed by atoms with E-state index in [1.54, 1.807) is 0 Å². The van der Waals surface area contributed by atoms with Crippen LogP contribution in [0.3, 0.4) is 0 Å². The second-order valence-electron chi connectivity index (χ2n) is 4.89. The highest BCUT2D eigenvalue weighted by Gasteiger charge is 2.31. The van der Waals surface area contributed by atoms with Crippen molar-refractivity contribution in [3.8, 4) is 0 Å². The van der Waals surface area contributed by atoms with Crippen LogP contribution in [0, 0.1) is 0 Å². The molecule has 0 aromatic carbocycles. The Kier molecular flexibility index (Phi) is 4.14. The summed E-state index contributed by atoms with van der Waals surface area (Å²) in [5, 5.41) is 0. The van der Waals surface area contributed by atoms with Crippen LogP contribution in [-0.2, 0) is 4.79 Å². The van der Waals surface area contributed by atoms with Crippen LogP contribution >= 0.6 is 0 Å². The topological polar surface area (TPSA) is 23.6 Å². The van der Waals surface area contributed by atoms with Crippen molar-refractivity contribution in [2.45, 2.75) is 59.2 Å². The maximum atomic E-state index is 11.7. The van der Waals surface area contributed by atoms with Crippen LogP contribution in [0.15, 0.2) is 0 Å². The first-order valence-electron chi connectivity index (χ1n) is 6.02. The monoisotopic (exact) mass is 212 g/mol. The Hall–Kier alpha value is -0.570. The minimum absolute atomic E-state index is 0.290. The molecule has 1 heterocycles. The summed E-state index contributed by atoms with van der Waals surface area (Å²) in [5.74, 6) is 0.290. The average Bonchev–Trinajstić information content (AvgIpc) is 2.19. The molecule has 1 fully saturated rings. The average molecular weight is 212 g/mol. The van der Waals surface area contributed by atoms with Crippen LogP contribution < -0.4 is 0 Å². The second-order valence-corrected chi connectivity index (χ2v) is 4.89. The molecule has 1 saturated heterocycles. The van der Waals surface area contributed by atoms with Crippen molar-refractivity contribution in [1.82, 2.24) is 9.80 Å². The van der Waals surface area contributed by atoms with Gasteiger partial charge in [-0.1, -0.05) is 6.92 Å². The molecule has 15 heavy (non-hydrogen) atoms. The molecule has 0 N–H and O–H groups in total. The summed E-state index contributed by atoms with van der Waals surface area (Å²) in [7, 11) is 0. The van der Waals surface area contributed by atoms with Crippen molar-refractivity contribution >= 4 is 5.91 Å². The summed E-state index contributed by atoms with van der Waals surface area (Å²) < 4.78 is 0. The van der Waals surface area contributed by atoms with E-state index in [1.807, 2.05) is 11.8 Å². The molecule has 0 saturated carbocycles. The number of piperazine rings is 1. The fourth-order valence-corrected chi connectivity index (χ4v) is 2.42. The van der Waals surface area contributed by atoms with Gasteiger partial charge in [0.15, 0.2) is 0 Å². The lowest BCUT2D eigenvalue weighted by molar-refractivity contribution is -0.137. The van der Waals surface area contributed by atoms with Gasteiger partial charge in [-0.05, 0) is 27.7 Å². The first-order valence-corrected chi connectivity index (χ1v) is 6.02. The normalized spacial score (nSPS) is 28.5. The van der Waals surface area contributed by atoms with E-state index in [-0.39, 0.29) is 5.91 Å². The third-order valence-electron chi connectivity index (χ3n) is 3.32. The minimum atomic E-state index is 0.290. The minimum Gasteiger partial charge on any atom is -0.337 e. The van der Waals surface area contributed by atoms with Gasteiger partial charge >= 0.3 is 0 Å². The highest BCUT2D eigenvalue weighted by atomic mass is 16.2. The number of nitrogens with zero attached hydrogens (tertiary/aromatic N) is 2. The third kappa shape index (κ3) is 2.71. The van der Waals surface area contributed by atoms with Crippen LogP contribution in [0.4, 0.5) is 0 Å². The zero-order valence-electron chi connectivity index (χ0n) is 10.7. The van der Waals surface area contributed by atoms with Crippen LogP contribution in [0.1, 0.15) is 41.0 Å². The Balaban J connectivity index is 2.66. The molecule has 1 aliphatic rings. The quantitative estimate of drug-likeness (QED) is 0.696. The summed E-state index contributed by atoms with van der Waals surface area (Å²) in [5.41, 5.74) is 0. The van der Waals surface area contributed by atoms with E-state index in [1.165, 1.54) is 0 Å². The zero-order valence-corrected chi connectivity index (χ0v) is 10.7. The fourth-order valence-electron chi connectivity index (χ4n) is 2.42. The van der Waals surface area contributed by atoms with E-state index >= 15 is 0 Å². The van der Waals surface area contributed by atoms with Gasteiger partial charge in [0.2, 0.25) is 5.91 Å². The van der Waals surface area contributed by atoms with Gasteiger partial charge in [0.25, 0.3) is 0 Å². The Labute approximate surface area is 93.4 Å². The molecule has 0 aromatic heterocycles. The molecular formula is C12H24N2O. The molecule has 0 aliphatic carbocycles. The predicted octanol–water partition coefficient (Wildman–Crippen LogP) is 1.73. The Bertz CT molecular complexity index is 228. The van der Waals surface area contributed by atoms with Gasteiger partial charge in [0.1, 0.15) is 0 Å². The van der Waals surface area contributed by atoms with E-state index in [0.29, 0.717) is 24.5 Å². The van der Waals surface area contributed by atoms with Crippen molar-refractivity contribution in [1.29, 1.82) is 0 Å². The summed E-state index contributed by atoms with van der Waals surface area (Å²) in [4.78, 5) is 16.2. The van der Waals surface area contributed by atoms with E-state index in [2.05, 4.69) is 32.6 Å². The van der Waals surface area contributed by atoms with Crippen LogP contribution in [0.5, 0.6) is 0 Å². The first-order chi connectivity index (χ1) is 6.97. The number of hydrogen-bond donors (Lipinski definition) is 0. The number of amides is 1. The van der Waals surface area contributed by atoms with Crippen LogP contribution in [-0.4, -0.2) is 46.9 Å². The molecule has 0 bridgehead atoms. The molecule has 1 aliphatic heterocycles. The lowest BCUT2D eigenvalue weighted by Crippen LogP contribution is -2.59. The predicted molar refractivity (Wildman–Crippen MR) is 62.8 cm³/mol. The van der Waals surface area contributed by atoms with Gasteiger partial charge in [-0.2, -0.15) is 0 Å². The Morgan fingerprint density at radius 1 is 1.27 bits per heavy atom. The molecular weight excluding hydrogens is 188 g/mol. The third-order valence-corrected chi connectivity index (χ3v) is 3.32. The molecule has 1 rings (SSSR count). The molecule has 3 nitrogen and oxygen atoms in total. The number of rotatable bonds is 2. The van der Waals surface area contributed by atoms with Crippen molar-refractivity contribution < 1.29 is 4.79 Å². The summed E-state index contributed by atoms with van der Waals surface area (Å²) in [6.45, 7) is 12.6. The van der Waals surface area contributed by atoms with Crippen molar-refractivity contribution in [3.63, 3.8) is 0 Å². The van der Waals surface area contributed by atoms with E-state index in [4.69, 9.17) is 0 Å². The molecule has 0 aromatic rings. The fraction of sp³-hybridized carbons (Fsp3) is 0.917. The lowest BCUT2D eigenvalue weighted by Gasteiger charge is -2.46. The molecule has 1 amide bonds. The number of hydrogen-bond acceptors (Lipinski definition) is 2. The van der Waals surface area contributed by atoms with Gasteiger partial charge < -0.3 is 4.90 Å². The zero-order chi connectivity index (χ0) is 11.6. The van der Waals surface area contributed by atoms with Gasteiger partial charge in [-0.25, -0.2) is 0 Å². The smallest absolute Gasteiger partial charge is 0.222 e. The largest absolute Gasteiger partial charge is 0.337 e. The van der Waals surface area contributed by atoms with E-state index < -0.39 is 0 Å². The van der Waals surface area contributed by atoms with Crippen molar-refractivity contribution in [2.24, 2.45) is 0 Å². The highest BCUT2D eigenvalue weighted by molar-refractivity contribution is 5.76. The molecule has 3 heteroatoms. The van der Waals surface area contributed by atoms with Gasteiger partial charge in [-0.15, -0.1) is 0 Å². The van der Waals surface area contributed by atoms with E-state index in [0.717, 1.165) is 13.1 Å². The Morgan fingerprint density at radius 2 is 1.87 bits per heavy atom. The van der Waals surface area contributed by atoms with Crippen molar-refractivity contribution in [3.05, 3.63) is 0 Å². The van der Waals surface area contributed by atoms with Gasteiger partial charge in [-0.3, -0.25) is 9.69 Å². The molecule has 88 valence electrons.